The van der Waals surface area contributed by atoms with Gasteiger partial charge in [-0.15, -0.1) is 13.2 Å². The first kappa shape index (κ1) is 14.6. The Bertz CT molecular complexity index is 457. The number of rotatable bonds is 4. The number of nitrogens with one attached hydrogen (secondary N) is 1. The molecule has 0 aliphatic heterocycles. The summed E-state index contributed by atoms with van der Waals surface area (Å²) < 4.78 is 41.0. The van der Waals surface area contributed by atoms with Crippen LogP contribution in [0.2, 0.25) is 0 Å². The van der Waals surface area contributed by atoms with Gasteiger partial charge in [0.25, 0.3) is 0 Å². The molecule has 0 aliphatic rings. The van der Waals surface area contributed by atoms with E-state index in [0.29, 0.717) is 4.47 Å². The lowest BCUT2D eigenvalue weighted by Crippen LogP contribution is -2.19. The molecule has 1 N–H and O–H groups in total. The number of anilines is 1. The zero-order valence-corrected chi connectivity index (χ0v) is 11.0. The highest BCUT2D eigenvalue weighted by molar-refractivity contribution is 9.10. The average molecular weight is 323 g/mol. The van der Waals surface area contributed by atoms with Crippen molar-refractivity contribution in [2.45, 2.75) is 13.3 Å². The Hall–Kier alpha value is -1.42. The van der Waals surface area contributed by atoms with Crippen LogP contribution in [0.3, 0.4) is 0 Å². The van der Waals surface area contributed by atoms with Crippen molar-refractivity contribution in [1.82, 2.24) is 0 Å². The van der Waals surface area contributed by atoms with Gasteiger partial charge in [0.15, 0.2) is 5.75 Å². The monoisotopic (exact) mass is 322 g/mol. The van der Waals surface area contributed by atoms with Crippen LogP contribution in [-0.4, -0.2) is 12.9 Å². The van der Waals surface area contributed by atoms with Gasteiger partial charge in [-0.05, 0) is 25.1 Å². The number of hydrogen-bond donors (Lipinski definition) is 1. The molecule has 0 bridgehead atoms. The molecule has 7 heteroatoms. The lowest BCUT2D eigenvalue weighted by Gasteiger charge is -2.15. The van der Waals surface area contributed by atoms with Gasteiger partial charge in [0.05, 0.1) is 17.7 Å². The summed E-state index contributed by atoms with van der Waals surface area (Å²) in [5, 5.41) is 11.3. The third-order valence-electron chi connectivity index (χ3n) is 1.99. The van der Waals surface area contributed by atoms with Crippen LogP contribution in [0.5, 0.6) is 5.75 Å². The van der Waals surface area contributed by atoms with Crippen LogP contribution in [0.15, 0.2) is 22.7 Å². The summed E-state index contributed by atoms with van der Waals surface area (Å²) in [6, 6.07) is 6.23. The van der Waals surface area contributed by atoms with E-state index in [-0.39, 0.29) is 23.9 Å². The van der Waals surface area contributed by atoms with E-state index in [1.165, 1.54) is 12.1 Å². The molecule has 1 unspecified atom stereocenters. The van der Waals surface area contributed by atoms with Crippen LogP contribution in [-0.2, 0) is 0 Å². The quantitative estimate of drug-likeness (QED) is 0.913. The van der Waals surface area contributed by atoms with Gasteiger partial charge < -0.3 is 10.1 Å². The Balaban J connectivity index is 2.87. The molecule has 0 saturated heterocycles. The Morgan fingerprint density at radius 3 is 2.72 bits per heavy atom. The van der Waals surface area contributed by atoms with Crippen LogP contribution >= 0.6 is 15.9 Å². The van der Waals surface area contributed by atoms with E-state index in [4.69, 9.17) is 5.26 Å². The molecular formula is C11H10BrF3N2O. The lowest BCUT2D eigenvalue weighted by molar-refractivity contribution is -0.274. The second kappa shape index (κ2) is 5.96. The zero-order chi connectivity index (χ0) is 13.8. The fourth-order valence-electron chi connectivity index (χ4n) is 1.16. The molecule has 0 aliphatic carbocycles. The van der Waals surface area contributed by atoms with Crippen molar-refractivity contribution < 1.29 is 17.9 Å². The van der Waals surface area contributed by atoms with E-state index < -0.39 is 6.36 Å². The maximum absolute atomic E-state index is 12.2. The highest BCUT2D eigenvalue weighted by atomic mass is 79.9. The topological polar surface area (TPSA) is 45.0 Å². The van der Waals surface area contributed by atoms with E-state index in [2.05, 4.69) is 26.0 Å². The molecule has 0 radical (unpaired) electrons. The molecule has 0 amide bonds. The van der Waals surface area contributed by atoms with Gasteiger partial charge in [0, 0.05) is 11.0 Å². The van der Waals surface area contributed by atoms with E-state index in [9.17, 15) is 13.2 Å². The molecule has 1 rings (SSSR count). The average Bonchev–Trinajstić information content (AvgIpc) is 2.25. The molecule has 1 atom stereocenters. The van der Waals surface area contributed by atoms with Crippen LogP contribution < -0.4 is 10.1 Å². The number of benzene rings is 1. The predicted octanol–water partition coefficient (Wildman–Crippen LogP) is 3.92. The highest BCUT2D eigenvalue weighted by Gasteiger charge is 2.32. The third-order valence-corrected chi connectivity index (χ3v) is 2.48. The number of nitrogens with zero attached hydrogens (tertiary/aromatic N) is 1. The predicted molar refractivity (Wildman–Crippen MR) is 64.1 cm³/mol. The van der Waals surface area contributed by atoms with Gasteiger partial charge in [-0.3, -0.25) is 0 Å². The molecule has 1 aromatic carbocycles. The first-order chi connectivity index (χ1) is 8.31. The summed E-state index contributed by atoms with van der Waals surface area (Å²) in [5.74, 6) is -0.644. The fraction of sp³-hybridized carbons (Fsp3) is 0.364. The van der Waals surface area contributed by atoms with Crippen molar-refractivity contribution in [3.63, 3.8) is 0 Å². The number of nitriles is 1. The van der Waals surface area contributed by atoms with Crippen molar-refractivity contribution in [3.8, 4) is 11.8 Å². The first-order valence-electron chi connectivity index (χ1n) is 5.00. The fourth-order valence-corrected chi connectivity index (χ4v) is 1.50. The normalized spacial score (nSPS) is 12.7. The van der Waals surface area contributed by atoms with E-state index >= 15 is 0 Å². The van der Waals surface area contributed by atoms with Gasteiger partial charge in [-0.1, -0.05) is 15.9 Å². The van der Waals surface area contributed by atoms with Crippen LogP contribution in [0, 0.1) is 17.2 Å². The van der Waals surface area contributed by atoms with Gasteiger partial charge in [-0.25, -0.2) is 0 Å². The highest BCUT2D eigenvalue weighted by Crippen LogP contribution is 2.32. The Labute approximate surface area is 111 Å². The van der Waals surface area contributed by atoms with Crippen LogP contribution in [0.1, 0.15) is 6.92 Å². The van der Waals surface area contributed by atoms with Gasteiger partial charge in [0.2, 0.25) is 0 Å². The Morgan fingerprint density at radius 2 is 2.17 bits per heavy atom. The van der Waals surface area contributed by atoms with E-state index in [1.807, 2.05) is 6.07 Å². The molecule has 0 saturated carbocycles. The minimum Gasteiger partial charge on any atom is -0.404 e. The molecule has 18 heavy (non-hydrogen) atoms. The maximum atomic E-state index is 12.2. The molecule has 0 aromatic heterocycles. The van der Waals surface area contributed by atoms with Crippen molar-refractivity contribution in [1.29, 1.82) is 5.26 Å². The standard InChI is InChI=1S/C11H10BrF3N2O/c1-7(5-16)6-17-9-3-2-8(12)4-10(9)18-11(13,14)15/h2-4,7,17H,6H2,1H3. The van der Waals surface area contributed by atoms with E-state index in [1.54, 1.807) is 13.0 Å². The van der Waals surface area contributed by atoms with Gasteiger partial charge >= 0.3 is 6.36 Å². The zero-order valence-electron chi connectivity index (χ0n) is 9.38. The smallest absolute Gasteiger partial charge is 0.404 e. The van der Waals surface area contributed by atoms with Gasteiger partial charge in [-0.2, -0.15) is 5.26 Å². The van der Waals surface area contributed by atoms with Crippen LogP contribution in [0.4, 0.5) is 18.9 Å². The summed E-state index contributed by atoms with van der Waals surface area (Å²) in [7, 11) is 0. The Morgan fingerprint density at radius 1 is 1.50 bits per heavy atom. The second-order valence-electron chi connectivity index (χ2n) is 3.60. The molecule has 3 nitrogen and oxygen atoms in total. The summed E-state index contributed by atoms with van der Waals surface area (Å²) in [4.78, 5) is 0. The van der Waals surface area contributed by atoms with Crippen molar-refractivity contribution in [2.75, 3.05) is 11.9 Å². The summed E-state index contributed by atoms with van der Waals surface area (Å²) >= 11 is 3.07. The van der Waals surface area contributed by atoms with Crippen LogP contribution in [0.25, 0.3) is 0 Å². The summed E-state index contributed by atoms with van der Waals surface area (Å²) in [5.41, 5.74) is 0.192. The SMILES string of the molecule is CC(C#N)CNc1ccc(Br)cc1OC(F)(F)F. The molecule has 0 fully saturated rings. The van der Waals surface area contributed by atoms with Gasteiger partial charge in [0.1, 0.15) is 0 Å². The molecule has 1 aromatic rings. The number of hydrogen-bond acceptors (Lipinski definition) is 3. The van der Waals surface area contributed by atoms with Crippen molar-refractivity contribution in [3.05, 3.63) is 22.7 Å². The molecule has 0 spiro atoms. The number of alkyl halides is 3. The summed E-state index contributed by atoms with van der Waals surface area (Å²) in [6.07, 6.45) is -4.75. The largest absolute Gasteiger partial charge is 0.573 e. The summed E-state index contributed by atoms with van der Waals surface area (Å²) in [6.45, 7) is 1.91. The maximum Gasteiger partial charge on any atom is 0.573 e. The molecule has 98 valence electrons. The second-order valence-corrected chi connectivity index (χ2v) is 4.52. The Kier molecular flexibility index (Phi) is 4.84. The minimum absolute atomic E-state index is 0.192. The van der Waals surface area contributed by atoms with Crippen molar-refractivity contribution in [2.24, 2.45) is 5.92 Å². The molecule has 0 heterocycles. The number of ether oxygens (including phenoxy) is 1. The number of halogens is 4. The van der Waals surface area contributed by atoms with E-state index in [0.717, 1.165) is 0 Å². The third kappa shape index (κ3) is 4.84. The first-order valence-corrected chi connectivity index (χ1v) is 5.80. The minimum atomic E-state index is -4.75. The van der Waals surface area contributed by atoms with Crippen molar-refractivity contribution >= 4 is 21.6 Å². The lowest BCUT2D eigenvalue weighted by atomic mass is 10.2. The molecular weight excluding hydrogens is 313 g/mol.